The molecule has 0 amide bonds. The molecule has 222 valence electrons. The molecule has 0 spiro atoms. The molecule has 0 radical (unpaired) electrons. The van der Waals surface area contributed by atoms with Crippen LogP contribution >= 0.6 is 0 Å². The van der Waals surface area contributed by atoms with E-state index >= 15 is 0 Å². The van der Waals surface area contributed by atoms with Crippen molar-refractivity contribution in [3.8, 4) is 11.5 Å². The Morgan fingerprint density at radius 2 is 0.711 bits per heavy atom. The summed E-state index contributed by atoms with van der Waals surface area (Å²) >= 11 is 0. The molecule has 0 heterocycles. The standard InChI is InChI=1S/C35H64O3/c1-3-5-7-9-11-13-14-15-16-17-18-20-22-24-26-28-38-35-30-33(32-36)29-34(31-35)37-27-25-23-21-19-12-10-8-6-4-2/h29-31,36H,3-28,32H2,1-2H3. The van der Waals surface area contributed by atoms with Crippen LogP contribution in [-0.2, 0) is 6.61 Å². The molecular formula is C35H64O3. The fourth-order valence-corrected chi connectivity index (χ4v) is 5.15. The number of hydrogen-bond donors (Lipinski definition) is 1. The molecule has 0 atom stereocenters. The van der Waals surface area contributed by atoms with Gasteiger partial charge in [0.05, 0.1) is 19.8 Å². The fourth-order valence-electron chi connectivity index (χ4n) is 5.15. The smallest absolute Gasteiger partial charge is 0.123 e. The predicted molar refractivity (Wildman–Crippen MR) is 166 cm³/mol. The molecule has 0 aliphatic rings. The number of benzene rings is 1. The Hall–Kier alpha value is -1.22. The highest BCUT2D eigenvalue weighted by atomic mass is 16.5. The third kappa shape index (κ3) is 21.7. The lowest BCUT2D eigenvalue weighted by molar-refractivity contribution is 0.271. The second kappa shape index (κ2) is 27.4. The molecular weight excluding hydrogens is 468 g/mol. The largest absolute Gasteiger partial charge is 0.493 e. The zero-order chi connectivity index (χ0) is 27.4. The van der Waals surface area contributed by atoms with E-state index < -0.39 is 0 Å². The third-order valence-electron chi connectivity index (χ3n) is 7.66. The maximum absolute atomic E-state index is 9.63. The first kappa shape index (κ1) is 34.8. The lowest BCUT2D eigenvalue weighted by atomic mass is 10.0. The van der Waals surface area contributed by atoms with Crippen molar-refractivity contribution in [2.45, 2.75) is 175 Å². The van der Waals surface area contributed by atoms with Gasteiger partial charge in [0.25, 0.3) is 0 Å². The second-order valence-electron chi connectivity index (χ2n) is 11.4. The predicted octanol–water partition coefficient (Wildman–Crippen LogP) is 11.3. The maximum atomic E-state index is 9.63. The van der Waals surface area contributed by atoms with Crippen molar-refractivity contribution in [2.24, 2.45) is 0 Å². The number of ether oxygens (including phenoxy) is 2. The van der Waals surface area contributed by atoms with Crippen LogP contribution in [0.5, 0.6) is 11.5 Å². The van der Waals surface area contributed by atoms with Crippen molar-refractivity contribution in [1.82, 2.24) is 0 Å². The van der Waals surface area contributed by atoms with Crippen molar-refractivity contribution in [3.05, 3.63) is 23.8 Å². The minimum Gasteiger partial charge on any atom is -0.493 e. The van der Waals surface area contributed by atoms with Crippen LogP contribution in [0.3, 0.4) is 0 Å². The van der Waals surface area contributed by atoms with Crippen LogP contribution < -0.4 is 9.47 Å². The molecule has 0 unspecified atom stereocenters. The Morgan fingerprint density at radius 1 is 0.421 bits per heavy atom. The summed E-state index contributed by atoms with van der Waals surface area (Å²) in [7, 11) is 0. The maximum Gasteiger partial charge on any atom is 0.123 e. The molecule has 0 aliphatic heterocycles. The van der Waals surface area contributed by atoms with Gasteiger partial charge in [0, 0.05) is 6.07 Å². The Kier molecular flexibility index (Phi) is 25.1. The van der Waals surface area contributed by atoms with Crippen molar-refractivity contribution >= 4 is 0 Å². The normalized spacial score (nSPS) is 11.2. The summed E-state index contributed by atoms with van der Waals surface area (Å²) in [5, 5.41) is 9.63. The minimum atomic E-state index is 0.0184. The van der Waals surface area contributed by atoms with Gasteiger partial charge >= 0.3 is 0 Å². The number of rotatable bonds is 29. The molecule has 3 heteroatoms. The monoisotopic (exact) mass is 532 g/mol. The van der Waals surface area contributed by atoms with E-state index in [1.165, 1.54) is 141 Å². The molecule has 1 aromatic carbocycles. The van der Waals surface area contributed by atoms with E-state index in [0.717, 1.165) is 43.1 Å². The lowest BCUT2D eigenvalue weighted by Crippen LogP contribution is -2.01. The molecule has 0 aliphatic carbocycles. The molecule has 3 nitrogen and oxygen atoms in total. The molecule has 0 fully saturated rings. The third-order valence-corrected chi connectivity index (χ3v) is 7.66. The quantitative estimate of drug-likeness (QED) is 0.104. The van der Waals surface area contributed by atoms with Gasteiger partial charge in [-0.3, -0.25) is 0 Å². The van der Waals surface area contributed by atoms with E-state index in [1.807, 2.05) is 18.2 Å². The van der Waals surface area contributed by atoms with Crippen LogP contribution in [0.15, 0.2) is 18.2 Å². The van der Waals surface area contributed by atoms with E-state index in [-0.39, 0.29) is 6.61 Å². The van der Waals surface area contributed by atoms with Crippen LogP contribution in [-0.4, -0.2) is 18.3 Å². The van der Waals surface area contributed by atoms with E-state index in [9.17, 15) is 5.11 Å². The Bertz CT molecular complexity index is 615. The highest BCUT2D eigenvalue weighted by molar-refractivity contribution is 5.38. The van der Waals surface area contributed by atoms with Gasteiger partial charge in [0.15, 0.2) is 0 Å². The number of aliphatic hydroxyl groups is 1. The van der Waals surface area contributed by atoms with Crippen molar-refractivity contribution in [3.63, 3.8) is 0 Å². The Balaban J connectivity index is 2.01. The summed E-state index contributed by atoms with van der Waals surface area (Å²) in [6.07, 6.45) is 32.4. The first-order chi connectivity index (χ1) is 18.8. The topological polar surface area (TPSA) is 38.7 Å². The van der Waals surface area contributed by atoms with Crippen LogP contribution in [0.2, 0.25) is 0 Å². The average Bonchev–Trinajstić information content (AvgIpc) is 2.93. The van der Waals surface area contributed by atoms with Crippen molar-refractivity contribution < 1.29 is 14.6 Å². The first-order valence-electron chi connectivity index (χ1n) is 16.8. The highest BCUT2D eigenvalue weighted by Crippen LogP contribution is 2.24. The zero-order valence-corrected chi connectivity index (χ0v) is 25.6. The molecule has 1 rings (SSSR count). The van der Waals surface area contributed by atoms with Crippen LogP contribution in [0.25, 0.3) is 0 Å². The van der Waals surface area contributed by atoms with Gasteiger partial charge in [-0.2, -0.15) is 0 Å². The van der Waals surface area contributed by atoms with Crippen LogP contribution in [0.1, 0.15) is 174 Å². The molecule has 0 aromatic heterocycles. The van der Waals surface area contributed by atoms with Crippen LogP contribution in [0, 0.1) is 0 Å². The van der Waals surface area contributed by atoms with Crippen molar-refractivity contribution in [1.29, 1.82) is 0 Å². The SMILES string of the molecule is CCCCCCCCCCCCCCCCCOc1cc(CO)cc(OCCCCCCCCCCC)c1. The molecule has 0 saturated heterocycles. The van der Waals surface area contributed by atoms with Gasteiger partial charge < -0.3 is 14.6 Å². The van der Waals surface area contributed by atoms with Gasteiger partial charge in [-0.05, 0) is 30.5 Å². The van der Waals surface area contributed by atoms with Gasteiger partial charge in [-0.1, -0.05) is 155 Å². The molecule has 1 aromatic rings. The Morgan fingerprint density at radius 3 is 1.00 bits per heavy atom. The number of unbranched alkanes of at least 4 members (excludes halogenated alkanes) is 22. The van der Waals surface area contributed by atoms with E-state index in [0.29, 0.717) is 0 Å². The van der Waals surface area contributed by atoms with E-state index in [1.54, 1.807) is 0 Å². The van der Waals surface area contributed by atoms with Crippen molar-refractivity contribution in [2.75, 3.05) is 13.2 Å². The van der Waals surface area contributed by atoms with Gasteiger partial charge in [0.2, 0.25) is 0 Å². The highest BCUT2D eigenvalue weighted by Gasteiger charge is 2.04. The average molecular weight is 533 g/mol. The summed E-state index contributed by atoms with van der Waals surface area (Å²) < 4.78 is 12.0. The van der Waals surface area contributed by atoms with E-state index in [2.05, 4.69) is 13.8 Å². The summed E-state index contributed by atoms with van der Waals surface area (Å²) in [5.41, 5.74) is 0.862. The first-order valence-corrected chi connectivity index (χ1v) is 16.8. The fraction of sp³-hybridized carbons (Fsp3) is 0.829. The molecule has 0 bridgehead atoms. The van der Waals surface area contributed by atoms with Gasteiger partial charge in [0.1, 0.15) is 11.5 Å². The molecule has 0 saturated carbocycles. The van der Waals surface area contributed by atoms with Crippen LogP contribution in [0.4, 0.5) is 0 Å². The number of hydrogen-bond acceptors (Lipinski definition) is 3. The summed E-state index contributed by atoms with van der Waals surface area (Å²) in [6.45, 7) is 6.06. The second-order valence-corrected chi connectivity index (χ2v) is 11.4. The van der Waals surface area contributed by atoms with Gasteiger partial charge in [-0.15, -0.1) is 0 Å². The molecule has 1 N–H and O–H groups in total. The van der Waals surface area contributed by atoms with E-state index in [4.69, 9.17) is 9.47 Å². The van der Waals surface area contributed by atoms with Gasteiger partial charge in [-0.25, -0.2) is 0 Å². The summed E-state index contributed by atoms with van der Waals surface area (Å²) in [6, 6.07) is 5.86. The minimum absolute atomic E-state index is 0.0184. The zero-order valence-electron chi connectivity index (χ0n) is 25.6. The summed E-state index contributed by atoms with van der Waals surface area (Å²) in [4.78, 5) is 0. The Labute approximate surface area is 237 Å². The lowest BCUT2D eigenvalue weighted by Gasteiger charge is -2.12. The summed E-state index contributed by atoms with van der Waals surface area (Å²) in [5.74, 6) is 1.65. The molecule has 38 heavy (non-hydrogen) atoms. The number of aliphatic hydroxyl groups excluding tert-OH is 1.